The van der Waals surface area contributed by atoms with Crippen LogP contribution in [0.3, 0.4) is 0 Å². The van der Waals surface area contributed by atoms with E-state index in [1.807, 2.05) is 42.5 Å². The summed E-state index contributed by atoms with van der Waals surface area (Å²) < 4.78 is 5.73. The molecule has 1 heterocycles. The minimum Gasteiger partial charge on any atom is -0.489 e. The van der Waals surface area contributed by atoms with Crippen molar-refractivity contribution in [1.82, 2.24) is 10.0 Å². The van der Waals surface area contributed by atoms with E-state index in [0.717, 1.165) is 21.9 Å². The summed E-state index contributed by atoms with van der Waals surface area (Å²) >= 11 is 0. The molecule has 3 aromatic rings. The maximum Gasteiger partial charge on any atom is 0.277 e. The van der Waals surface area contributed by atoms with E-state index in [1.165, 1.54) is 0 Å². The van der Waals surface area contributed by atoms with Crippen LogP contribution in [0.25, 0.3) is 0 Å². The Hall–Kier alpha value is -3.18. The normalized spacial score (nSPS) is 11.6. The van der Waals surface area contributed by atoms with E-state index in [4.69, 9.17) is 4.74 Å². The van der Waals surface area contributed by atoms with Crippen LogP contribution in [0.5, 0.6) is 5.75 Å². The van der Waals surface area contributed by atoms with Crippen molar-refractivity contribution in [3.8, 4) is 5.75 Å². The van der Waals surface area contributed by atoms with Gasteiger partial charge in [0.1, 0.15) is 12.4 Å². The molecule has 2 aromatic carbocycles. The number of carbonyl (C=O) groups is 1. The van der Waals surface area contributed by atoms with Gasteiger partial charge in [-0.2, -0.15) is 0 Å². The molecule has 0 saturated heterocycles. The molecule has 1 aromatic heterocycles. The number of hydrogen-bond acceptors (Lipinski definition) is 4. The summed E-state index contributed by atoms with van der Waals surface area (Å²) in [6.45, 7) is 2.23. The quantitative estimate of drug-likeness (QED) is 0.534. The van der Waals surface area contributed by atoms with Crippen molar-refractivity contribution in [3.63, 3.8) is 0 Å². The molecule has 1 amide bonds. The Labute approximate surface area is 152 Å². The van der Waals surface area contributed by atoms with Gasteiger partial charge in [-0.3, -0.25) is 15.0 Å². The van der Waals surface area contributed by atoms with Crippen LogP contribution in [0.4, 0.5) is 0 Å². The van der Waals surface area contributed by atoms with Crippen molar-refractivity contribution in [3.05, 3.63) is 95.8 Å². The number of nitrogens with zero attached hydrogens (tertiary/aromatic N) is 2. The van der Waals surface area contributed by atoms with Crippen LogP contribution in [0.15, 0.2) is 79.1 Å². The number of benzene rings is 2. The van der Waals surface area contributed by atoms with Crippen LogP contribution in [-0.4, -0.2) is 21.2 Å². The molecular weight excluding hydrogens is 328 g/mol. The van der Waals surface area contributed by atoms with Crippen LogP contribution >= 0.6 is 0 Å². The zero-order valence-corrected chi connectivity index (χ0v) is 14.4. The molecule has 0 fully saturated rings. The van der Waals surface area contributed by atoms with Crippen LogP contribution in [0.2, 0.25) is 0 Å². The third-order valence-electron chi connectivity index (χ3n) is 4.11. The van der Waals surface area contributed by atoms with E-state index in [9.17, 15) is 10.0 Å². The third-order valence-corrected chi connectivity index (χ3v) is 4.11. The summed E-state index contributed by atoms with van der Waals surface area (Å²) in [4.78, 5) is 16.3. The van der Waals surface area contributed by atoms with Crippen LogP contribution < -0.4 is 4.74 Å². The van der Waals surface area contributed by atoms with Crippen LogP contribution in [0.1, 0.15) is 34.5 Å². The van der Waals surface area contributed by atoms with Gasteiger partial charge in [-0.25, -0.2) is 5.06 Å². The summed E-state index contributed by atoms with van der Waals surface area (Å²) in [7, 11) is 0. The topological polar surface area (TPSA) is 62.7 Å². The second-order valence-corrected chi connectivity index (χ2v) is 5.90. The highest BCUT2D eigenvalue weighted by Crippen LogP contribution is 2.23. The molecule has 132 valence electrons. The lowest BCUT2D eigenvalue weighted by atomic mass is 10.1. The highest BCUT2D eigenvalue weighted by molar-refractivity contribution is 5.93. The number of amides is 1. The summed E-state index contributed by atoms with van der Waals surface area (Å²) in [5.74, 6) is 0.285. The number of hydrogen-bond donors (Lipinski definition) is 1. The molecule has 1 unspecified atom stereocenters. The average Bonchev–Trinajstić information content (AvgIpc) is 2.72. The first kappa shape index (κ1) is 17.6. The van der Waals surface area contributed by atoms with E-state index in [1.54, 1.807) is 43.6 Å². The Bertz CT molecular complexity index is 836. The van der Waals surface area contributed by atoms with Crippen molar-refractivity contribution in [2.75, 3.05) is 0 Å². The van der Waals surface area contributed by atoms with Gasteiger partial charge in [0.05, 0.1) is 6.04 Å². The Morgan fingerprint density at radius 2 is 1.69 bits per heavy atom. The molecule has 0 saturated carbocycles. The van der Waals surface area contributed by atoms with E-state index in [-0.39, 0.29) is 0 Å². The average molecular weight is 348 g/mol. The number of aromatic nitrogens is 1. The zero-order valence-electron chi connectivity index (χ0n) is 14.4. The lowest BCUT2D eigenvalue weighted by molar-refractivity contribution is -0.0854. The fourth-order valence-corrected chi connectivity index (χ4v) is 2.52. The summed E-state index contributed by atoms with van der Waals surface area (Å²) in [5, 5.41) is 11.0. The van der Waals surface area contributed by atoms with Crippen molar-refractivity contribution >= 4 is 5.91 Å². The van der Waals surface area contributed by atoms with Crippen LogP contribution in [0, 0.1) is 0 Å². The maximum atomic E-state index is 12.3. The van der Waals surface area contributed by atoms with Gasteiger partial charge in [0.15, 0.2) is 0 Å². The monoisotopic (exact) mass is 348 g/mol. The van der Waals surface area contributed by atoms with Gasteiger partial charge in [0.2, 0.25) is 0 Å². The molecule has 5 nitrogen and oxygen atoms in total. The van der Waals surface area contributed by atoms with Gasteiger partial charge < -0.3 is 4.74 Å². The predicted octanol–water partition coefficient (Wildman–Crippen LogP) is 4.25. The smallest absolute Gasteiger partial charge is 0.277 e. The highest BCUT2D eigenvalue weighted by Gasteiger charge is 2.21. The van der Waals surface area contributed by atoms with Gasteiger partial charge in [-0.05, 0) is 54.4 Å². The van der Waals surface area contributed by atoms with E-state index in [0.29, 0.717) is 12.2 Å². The Kier molecular flexibility index (Phi) is 5.61. The lowest BCUT2D eigenvalue weighted by Gasteiger charge is -2.23. The number of ether oxygens (including phenoxy) is 1. The number of carbonyl (C=O) groups excluding carboxylic acids is 1. The molecule has 0 bridgehead atoms. The Morgan fingerprint density at radius 3 is 2.35 bits per heavy atom. The number of hydroxylamine groups is 2. The second-order valence-electron chi connectivity index (χ2n) is 5.90. The summed E-state index contributed by atoms with van der Waals surface area (Å²) in [5.41, 5.74) is 2.29. The molecule has 5 heteroatoms. The van der Waals surface area contributed by atoms with Gasteiger partial charge in [0, 0.05) is 18.0 Å². The molecule has 1 N–H and O–H groups in total. The van der Waals surface area contributed by atoms with Crippen molar-refractivity contribution in [1.29, 1.82) is 0 Å². The molecule has 3 rings (SSSR count). The minimum atomic E-state index is -0.475. The fourth-order valence-electron chi connectivity index (χ4n) is 2.52. The molecule has 0 aliphatic carbocycles. The molecule has 0 spiro atoms. The predicted molar refractivity (Wildman–Crippen MR) is 97.8 cm³/mol. The number of rotatable bonds is 6. The summed E-state index contributed by atoms with van der Waals surface area (Å²) in [6, 6.07) is 19.4. The minimum absolute atomic E-state index is 0.434. The van der Waals surface area contributed by atoms with Crippen LogP contribution in [-0.2, 0) is 6.61 Å². The van der Waals surface area contributed by atoms with Gasteiger partial charge in [0.25, 0.3) is 5.91 Å². The first-order valence-electron chi connectivity index (χ1n) is 8.34. The largest absolute Gasteiger partial charge is 0.489 e. The van der Waals surface area contributed by atoms with Gasteiger partial charge in [-0.15, -0.1) is 0 Å². The molecular formula is C21H20N2O3. The zero-order chi connectivity index (χ0) is 18.4. The maximum absolute atomic E-state index is 12.3. The lowest BCUT2D eigenvalue weighted by Crippen LogP contribution is -2.30. The standard InChI is InChI=1S/C21H20N2O3/c1-16(23(25)21(24)19-5-3-2-4-6-19)18-7-9-20(10-8-18)26-15-17-11-13-22-14-12-17/h2-14,16,25H,15H2,1H3. The van der Waals surface area contributed by atoms with Crippen molar-refractivity contribution < 1.29 is 14.7 Å². The van der Waals surface area contributed by atoms with Crippen molar-refractivity contribution in [2.24, 2.45) is 0 Å². The highest BCUT2D eigenvalue weighted by atomic mass is 16.5. The second kappa shape index (κ2) is 8.27. The number of pyridine rings is 1. The molecule has 26 heavy (non-hydrogen) atoms. The van der Waals surface area contributed by atoms with Gasteiger partial charge >= 0.3 is 0 Å². The van der Waals surface area contributed by atoms with Crippen molar-refractivity contribution in [2.45, 2.75) is 19.6 Å². The molecule has 1 atom stereocenters. The first-order chi connectivity index (χ1) is 12.6. The molecule has 0 aliphatic rings. The van der Waals surface area contributed by atoms with E-state index >= 15 is 0 Å². The SMILES string of the molecule is CC(c1ccc(OCc2ccncc2)cc1)N(O)C(=O)c1ccccc1. The third kappa shape index (κ3) is 4.26. The first-order valence-corrected chi connectivity index (χ1v) is 8.34. The summed E-state index contributed by atoms with van der Waals surface area (Å²) in [6.07, 6.45) is 3.45. The Balaban J connectivity index is 1.63. The molecule has 0 radical (unpaired) electrons. The van der Waals surface area contributed by atoms with E-state index in [2.05, 4.69) is 4.98 Å². The molecule has 0 aliphatic heterocycles. The Morgan fingerprint density at radius 1 is 1.04 bits per heavy atom. The fraction of sp³-hybridized carbons (Fsp3) is 0.143. The van der Waals surface area contributed by atoms with E-state index < -0.39 is 11.9 Å². The van der Waals surface area contributed by atoms with Gasteiger partial charge in [-0.1, -0.05) is 30.3 Å².